The van der Waals surface area contributed by atoms with Crippen molar-refractivity contribution in [2.24, 2.45) is 5.92 Å². The zero-order valence-corrected chi connectivity index (χ0v) is 12.6. The third-order valence-electron chi connectivity index (χ3n) is 4.20. The van der Waals surface area contributed by atoms with Crippen LogP contribution >= 0.6 is 11.3 Å². The van der Waals surface area contributed by atoms with Gasteiger partial charge in [0.25, 0.3) is 5.91 Å². The summed E-state index contributed by atoms with van der Waals surface area (Å²) in [4.78, 5) is 25.6. The molecule has 0 spiro atoms. The molecule has 5 heteroatoms. The molecule has 4 nitrogen and oxygen atoms in total. The Morgan fingerprint density at radius 2 is 2.10 bits per heavy atom. The van der Waals surface area contributed by atoms with Crippen molar-refractivity contribution in [3.63, 3.8) is 0 Å². The molecule has 1 amide bonds. The molecule has 2 atom stereocenters. The number of aliphatic carboxylic acids is 1. The number of likely N-dealkylation sites (tertiary alicyclic amines) is 1. The monoisotopic (exact) mass is 303 g/mol. The largest absolute Gasteiger partial charge is 0.481 e. The molecular weight excluding hydrogens is 286 g/mol. The molecule has 21 heavy (non-hydrogen) atoms. The fourth-order valence-corrected chi connectivity index (χ4v) is 3.93. The fraction of sp³-hybridized carbons (Fsp3) is 0.375. The Kier molecular flexibility index (Phi) is 3.68. The van der Waals surface area contributed by atoms with Crippen LogP contribution in [0.15, 0.2) is 29.6 Å². The van der Waals surface area contributed by atoms with Crippen molar-refractivity contribution in [3.8, 4) is 0 Å². The molecule has 0 saturated carbocycles. The second-order valence-electron chi connectivity index (χ2n) is 5.55. The number of fused-ring (bicyclic) bond motifs is 1. The van der Waals surface area contributed by atoms with Crippen molar-refractivity contribution < 1.29 is 14.7 Å². The van der Waals surface area contributed by atoms with E-state index in [1.54, 1.807) is 11.3 Å². The summed E-state index contributed by atoms with van der Waals surface area (Å²) in [5.41, 5.74) is 0.733. The van der Waals surface area contributed by atoms with Crippen LogP contribution in [0, 0.1) is 5.92 Å². The van der Waals surface area contributed by atoms with Crippen LogP contribution in [0.5, 0.6) is 0 Å². The van der Waals surface area contributed by atoms with E-state index in [-0.39, 0.29) is 17.9 Å². The van der Waals surface area contributed by atoms with Crippen LogP contribution in [0.2, 0.25) is 0 Å². The number of rotatable bonds is 2. The van der Waals surface area contributed by atoms with Gasteiger partial charge in [-0.05, 0) is 25.8 Å². The second-order valence-corrected chi connectivity index (χ2v) is 6.46. The van der Waals surface area contributed by atoms with E-state index in [0.29, 0.717) is 19.4 Å². The normalized spacial score (nSPS) is 22.4. The molecule has 2 heterocycles. The van der Waals surface area contributed by atoms with Gasteiger partial charge >= 0.3 is 5.97 Å². The topological polar surface area (TPSA) is 57.6 Å². The Morgan fingerprint density at radius 3 is 2.81 bits per heavy atom. The predicted octanol–water partition coefficient (Wildman–Crippen LogP) is 3.23. The smallest absolute Gasteiger partial charge is 0.306 e. The lowest BCUT2D eigenvalue weighted by Gasteiger charge is -2.36. The van der Waals surface area contributed by atoms with E-state index < -0.39 is 5.97 Å². The summed E-state index contributed by atoms with van der Waals surface area (Å²) in [6.45, 7) is 2.45. The van der Waals surface area contributed by atoms with Crippen LogP contribution in [0.1, 0.15) is 30.1 Å². The molecule has 1 fully saturated rings. The summed E-state index contributed by atoms with van der Waals surface area (Å²) < 4.78 is 1.11. The van der Waals surface area contributed by atoms with Crippen molar-refractivity contribution in [1.82, 2.24) is 4.90 Å². The maximum Gasteiger partial charge on any atom is 0.306 e. The van der Waals surface area contributed by atoms with Crippen LogP contribution in [0.4, 0.5) is 0 Å². The summed E-state index contributed by atoms with van der Waals surface area (Å²) in [5, 5.41) is 12.0. The average Bonchev–Trinajstić information content (AvgIpc) is 2.90. The Bertz CT molecular complexity index is 694. The van der Waals surface area contributed by atoms with Crippen LogP contribution < -0.4 is 0 Å². The summed E-state index contributed by atoms with van der Waals surface area (Å²) in [5.74, 6) is -1.07. The van der Waals surface area contributed by atoms with E-state index in [0.717, 1.165) is 15.6 Å². The quantitative estimate of drug-likeness (QED) is 0.926. The van der Waals surface area contributed by atoms with Crippen LogP contribution in [-0.2, 0) is 4.79 Å². The molecule has 1 saturated heterocycles. The molecule has 0 bridgehead atoms. The minimum absolute atomic E-state index is 0.0174. The standard InChI is InChI=1S/C16H17NO3S/c1-10-8-11(16(19)20)6-7-17(10)15(18)13-9-21-14-5-3-2-4-12(13)14/h2-5,9-11H,6-8H2,1H3,(H,19,20). The molecule has 3 rings (SSSR count). The van der Waals surface area contributed by atoms with Crippen molar-refractivity contribution in [2.45, 2.75) is 25.8 Å². The number of carboxylic acid groups (broad SMARTS) is 1. The fourth-order valence-electron chi connectivity index (χ4n) is 3.00. The number of carbonyl (C=O) groups is 2. The van der Waals surface area contributed by atoms with Crippen LogP contribution in [0.3, 0.4) is 0 Å². The molecule has 0 radical (unpaired) electrons. The number of amides is 1. The number of piperidine rings is 1. The maximum absolute atomic E-state index is 12.7. The van der Waals surface area contributed by atoms with Crippen molar-refractivity contribution in [1.29, 1.82) is 0 Å². The van der Waals surface area contributed by atoms with Crippen molar-refractivity contribution in [2.75, 3.05) is 6.54 Å². The number of benzene rings is 1. The van der Waals surface area contributed by atoms with E-state index in [2.05, 4.69) is 0 Å². The molecule has 1 aliphatic heterocycles. The van der Waals surface area contributed by atoms with Gasteiger partial charge in [0.05, 0.1) is 11.5 Å². The number of hydrogen-bond donors (Lipinski definition) is 1. The van der Waals surface area contributed by atoms with Crippen molar-refractivity contribution in [3.05, 3.63) is 35.2 Å². The number of carboxylic acids is 1. The van der Waals surface area contributed by atoms with Gasteiger partial charge in [0.2, 0.25) is 0 Å². The number of thiophene rings is 1. The van der Waals surface area contributed by atoms with Gasteiger partial charge in [-0.15, -0.1) is 11.3 Å². The Morgan fingerprint density at radius 1 is 1.33 bits per heavy atom. The summed E-state index contributed by atoms with van der Waals surface area (Å²) in [6, 6.07) is 7.84. The first-order valence-electron chi connectivity index (χ1n) is 7.08. The van der Waals surface area contributed by atoms with Crippen molar-refractivity contribution >= 4 is 33.3 Å². The Hall–Kier alpha value is -1.88. The second kappa shape index (κ2) is 5.48. The lowest BCUT2D eigenvalue weighted by Crippen LogP contribution is -2.46. The molecule has 1 N–H and O–H groups in total. The summed E-state index contributed by atoms with van der Waals surface area (Å²) in [7, 11) is 0. The first-order chi connectivity index (χ1) is 10.1. The maximum atomic E-state index is 12.7. The van der Waals surface area contributed by atoms with Crippen LogP contribution in [-0.4, -0.2) is 34.5 Å². The lowest BCUT2D eigenvalue weighted by molar-refractivity contribution is -0.143. The molecule has 110 valence electrons. The van der Waals surface area contributed by atoms with Gasteiger partial charge in [0.15, 0.2) is 0 Å². The zero-order chi connectivity index (χ0) is 15.0. The highest BCUT2D eigenvalue weighted by molar-refractivity contribution is 7.17. The Balaban J connectivity index is 1.84. The Labute approximate surface area is 127 Å². The molecule has 1 aromatic carbocycles. The third kappa shape index (κ3) is 2.53. The lowest BCUT2D eigenvalue weighted by atomic mass is 9.91. The first-order valence-corrected chi connectivity index (χ1v) is 7.96. The van der Waals surface area contributed by atoms with E-state index in [1.807, 2.05) is 41.5 Å². The van der Waals surface area contributed by atoms with E-state index >= 15 is 0 Å². The first kappa shape index (κ1) is 14.1. The minimum atomic E-state index is -0.755. The SMILES string of the molecule is CC1CC(C(=O)O)CCN1C(=O)c1csc2ccccc12. The molecular formula is C16H17NO3S. The highest BCUT2D eigenvalue weighted by atomic mass is 32.1. The number of hydrogen-bond acceptors (Lipinski definition) is 3. The van der Waals surface area contributed by atoms with Gasteiger partial charge < -0.3 is 10.0 Å². The van der Waals surface area contributed by atoms with Crippen LogP contribution in [0.25, 0.3) is 10.1 Å². The molecule has 2 unspecified atom stereocenters. The molecule has 1 aliphatic rings. The summed E-state index contributed by atoms with van der Waals surface area (Å²) >= 11 is 1.57. The predicted molar refractivity (Wildman–Crippen MR) is 82.7 cm³/mol. The minimum Gasteiger partial charge on any atom is -0.481 e. The van der Waals surface area contributed by atoms with E-state index in [1.165, 1.54) is 0 Å². The van der Waals surface area contributed by atoms with Gasteiger partial charge in [-0.1, -0.05) is 18.2 Å². The number of carbonyl (C=O) groups excluding carboxylic acids is 1. The van der Waals surface area contributed by atoms with E-state index in [9.17, 15) is 9.59 Å². The van der Waals surface area contributed by atoms with Gasteiger partial charge in [0.1, 0.15) is 0 Å². The highest BCUT2D eigenvalue weighted by Gasteiger charge is 2.33. The van der Waals surface area contributed by atoms with Gasteiger partial charge in [0, 0.05) is 28.1 Å². The molecule has 2 aromatic rings. The van der Waals surface area contributed by atoms with Gasteiger partial charge in [-0.25, -0.2) is 0 Å². The number of nitrogens with zero attached hydrogens (tertiary/aromatic N) is 1. The molecule has 1 aromatic heterocycles. The molecule has 0 aliphatic carbocycles. The average molecular weight is 303 g/mol. The zero-order valence-electron chi connectivity index (χ0n) is 11.8. The third-order valence-corrected chi connectivity index (χ3v) is 5.16. The van der Waals surface area contributed by atoms with Gasteiger partial charge in [-0.3, -0.25) is 9.59 Å². The summed E-state index contributed by atoms with van der Waals surface area (Å²) in [6.07, 6.45) is 1.07. The van der Waals surface area contributed by atoms with E-state index in [4.69, 9.17) is 5.11 Å². The highest BCUT2D eigenvalue weighted by Crippen LogP contribution is 2.30. The van der Waals surface area contributed by atoms with Gasteiger partial charge in [-0.2, -0.15) is 0 Å².